The molecule has 2 aliphatic heterocycles. The smallest absolute Gasteiger partial charge is 0.284 e. The number of ketones is 1. The summed E-state index contributed by atoms with van der Waals surface area (Å²) in [5.41, 5.74) is 2.53. The van der Waals surface area contributed by atoms with Gasteiger partial charge in [0, 0.05) is 48.3 Å². The first-order chi connectivity index (χ1) is 22.1. The Hall–Kier alpha value is -4.79. The summed E-state index contributed by atoms with van der Waals surface area (Å²) in [4.78, 5) is 64.1. The number of anilines is 1. The Bertz CT molecular complexity index is 1930. The molecule has 0 spiro atoms. The van der Waals surface area contributed by atoms with Crippen LogP contribution in [0.3, 0.4) is 0 Å². The molecule has 2 fully saturated rings. The Morgan fingerprint density at radius 1 is 1.11 bits per heavy atom. The Labute approximate surface area is 272 Å². The second-order valence-electron chi connectivity index (χ2n) is 11.9. The third-order valence-corrected chi connectivity index (χ3v) is 9.26. The number of amidine groups is 1. The number of likely N-dealkylation sites (tertiary alicyclic amines) is 1. The van der Waals surface area contributed by atoms with Gasteiger partial charge >= 0.3 is 0 Å². The molecule has 2 amide bonds. The van der Waals surface area contributed by atoms with Gasteiger partial charge in [0.25, 0.3) is 6.02 Å². The Balaban J connectivity index is 1.18. The van der Waals surface area contributed by atoms with Crippen molar-refractivity contribution in [2.24, 2.45) is 10.4 Å². The van der Waals surface area contributed by atoms with Crippen LogP contribution in [0.25, 0.3) is 22.2 Å². The summed E-state index contributed by atoms with van der Waals surface area (Å²) in [5, 5.41) is 11.3. The monoisotopic (exact) mass is 686 g/mol. The van der Waals surface area contributed by atoms with Crippen LogP contribution < -0.4 is 10.6 Å². The molecule has 0 bridgehead atoms. The van der Waals surface area contributed by atoms with Crippen LogP contribution in [0.2, 0.25) is 0 Å². The average Bonchev–Trinajstić information content (AvgIpc) is 3.38. The number of rotatable bonds is 8. The second-order valence-corrected chi connectivity index (χ2v) is 12.8. The van der Waals surface area contributed by atoms with Crippen molar-refractivity contribution in [3.63, 3.8) is 0 Å². The van der Waals surface area contributed by atoms with Crippen molar-refractivity contribution in [3.05, 3.63) is 58.5 Å². The van der Waals surface area contributed by atoms with Gasteiger partial charge in [-0.2, -0.15) is 5.10 Å². The fourth-order valence-electron chi connectivity index (χ4n) is 6.34. The molecule has 0 radical (unpaired) electrons. The number of piperidine rings is 1. The lowest BCUT2D eigenvalue weighted by Gasteiger charge is -2.27. The number of fused-ring (bicyclic) bond motifs is 2. The molecule has 0 unspecified atom stereocenters. The number of pyridine rings is 2. The summed E-state index contributed by atoms with van der Waals surface area (Å²) < 4.78 is 7.61. The van der Waals surface area contributed by atoms with Crippen molar-refractivity contribution in [2.75, 3.05) is 25.0 Å². The fourth-order valence-corrected chi connectivity index (χ4v) is 6.65. The van der Waals surface area contributed by atoms with Crippen LogP contribution >= 0.6 is 15.9 Å². The van der Waals surface area contributed by atoms with E-state index in [1.54, 1.807) is 42.5 Å². The van der Waals surface area contributed by atoms with Crippen molar-refractivity contribution >= 4 is 56.3 Å². The molecule has 6 heterocycles. The second kappa shape index (κ2) is 11.5. The van der Waals surface area contributed by atoms with Gasteiger partial charge in [0.1, 0.15) is 41.1 Å². The SMILES string of the molecule is CC(=O)c1nn(CC(=O)N2[C@H](C(=O)Nc3nc(Br)ccc3C)C[C@@]3(CNC4=NCCO4)C[C@@H]23)c2cnc(-c3cnc(C)nc3)cc12. The molecule has 15 heteroatoms. The van der Waals surface area contributed by atoms with Crippen molar-refractivity contribution in [1.82, 2.24) is 39.9 Å². The number of amides is 2. The summed E-state index contributed by atoms with van der Waals surface area (Å²) in [5.74, 6) is 0.220. The predicted molar refractivity (Wildman–Crippen MR) is 171 cm³/mol. The maximum Gasteiger partial charge on any atom is 0.284 e. The van der Waals surface area contributed by atoms with Crippen LogP contribution in [0.15, 0.2) is 46.4 Å². The zero-order valence-corrected chi connectivity index (χ0v) is 27.0. The first-order valence-corrected chi connectivity index (χ1v) is 15.7. The highest BCUT2D eigenvalue weighted by Crippen LogP contribution is 2.59. The minimum absolute atomic E-state index is 0.165. The summed E-state index contributed by atoms with van der Waals surface area (Å²) in [6.45, 7) is 6.57. The molecule has 1 aliphatic carbocycles. The topological polar surface area (TPSA) is 169 Å². The van der Waals surface area contributed by atoms with E-state index in [-0.39, 0.29) is 41.3 Å². The lowest BCUT2D eigenvalue weighted by atomic mass is 9.99. The molecule has 4 aromatic rings. The van der Waals surface area contributed by atoms with E-state index in [1.165, 1.54) is 11.6 Å². The molecular formula is C31H31BrN10O4. The Kier molecular flexibility index (Phi) is 7.50. The van der Waals surface area contributed by atoms with Crippen LogP contribution in [-0.4, -0.2) is 90.0 Å². The first kappa shape index (κ1) is 29.9. The number of hydrogen-bond donors (Lipinski definition) is 2. The van der Waals surface area contributed by atoms with Crippen LogP contribution in [0, 0.1) is 19.3 Å². The van der Waals surface area contributed by atoms with Gasteiger partial charge in [-0.05, 0) is 60.3 Å². The lowest BCUT2D eigenvalue weighted by Crippen LogP contribution is -2.47. The molecule has 3 aliphatic rings. The lowest BCUT2D eigenvalue weighted by molar-refractivity contribution is -0.138. The van der Waals surface area contributed by atoms with Crippen molar-refractivity contribution in [2.45, 2.75) is 52.2 Å². The largest absolute Gasteiger partial charge is 0.463 e. The summed E-state index contributed by atoms with van der Waals surface area (Å²) in [7, 11) is 0. The van der Waals surface area contributed by atoms with Crippen molar-refractivity contribution in [1.29, 1.82) is 0 Å². The Morgan fingerprint density at radius 2 is 1.91 bits per heavy atom. The average molecular weight is 688 g/mol. The summed E-state index contributed by atoms with van der Waals surface area (Å²) in [6.07, 6.45) is 6.14. The molecular weight excluding hydrogens is 656 g/mol. The highest BCUT2D eigenvalue weighted by atomic mass is 79.9. The van der Waals surface area contributed by atoms with E-state index < -0.39 is 6.04 Å². The number of aromatic nitrogens is 6. The number of nitrogens with one attached hydrogen (secondary N) is 2. The van der Waals surface area contributed by atoms with E-state index in [0.717, 1.165) is 12.0 Å². The van der Waals surface area contributed by atoms with Crippen molar-refractivity contribution in [3.8, 4) is 11.3 Å². The van der Waals surface area contributed by atoms with Gasteiger partial charge in [-0.3, -0.25) is 24.0 Å². The van der Waals surface area contributed by atoms with Gasteiger partial charge in [-0.25, -0.2) is 19.9 Å². The number of Topliss-reactive ketones (excluding diaryl/α,β-unsaturated/α-hetero) is 1. The maximum atomic E-state index is 14.2. The molecule has 2 N–H and O–H groups in total. The number of halogens is 1. The normalized spacial score (nSPS) is 21.5. The van der Waals surface area contributed by atoms with Gasteiger partial charge in [-0.1, -0.05) is 6.07 Å². The minimum atomic E-state index is -0.736. The quantitative estimate of drug-likeness (QED) is 0.208. The predicted octanol–water partition coefficient (Wildman–Crippen LogP) is 2.84. The summed E-state index contributed by atoms with van der Waals surface area (Å²) >= 11 is 3.37. The standard InChI is InChI=1S/C31H31BrN10O4/c1-16-4-5-25(32)38-28(16)39-29(45)22-9-31(15-37-30-33-6-7-46-30)10-24(31)42(22)26(44)14-41-23-13-36-21(19-11-34-18(3)35-12-19)8-20(23)27(40-41)17(2)43/h4-5,8,11-13,22,24H,6-7,9-10,14-15H2,1-3H3,(H,33,37)(H,38,39,45)/t22-,24+,31-/m0/s1. The van der Waals surface area contributed by atoms with Crippen molar-refractivity contribution < 1.29 is 19.1 Å². The van der Waals surface area contributed by atoms with E-state index in [2.05, 4.69) is 56.6 Å². The van der Waals surface area contributed by atoms with Crippen LogP contribution in [-0.2, 0) is 20.9 Å². The highest BCUT2D eigenvalue weighted by molar-refractivity contribution is 9.10. The fraction of sp³-hybridized carbons (Fsp3) is 0.387. The molecule has 236 valence electrons. The Morgan fingerprint density at radius 3 is 2.65 bits per heavy atom. The van der Waals surface area contributed by atoms with E-state index in [4.69, 9.17) is 4.74 Å². The number of aliphatic imine (C=N–C) groups is 1. The van der Waals surface area contributed by atoms with Gasteiger partial charge in [-0.15, -0.1) is 0 Å². The van der Waals surface area contributed by atoms with E-state index in [9.17, 15) is 14.4 Å². The van der Waals surface area contributed by atoms with Gasteiger partial charge in [0.15, 0.2) is 5.78 Å². The molecule has 0 aromatic carbocycles. The molecule has 4 aromatic heterocycles. The maximum absolute atomic E-state index is 14.2. The van der Waals surface area contributed by atoms with Gasteiger partial charge in [0.05, 0.1) is 24.0 Å². The molecule has 46 heavy (non-hydrogen) atoms. The summed E-state index contributed by atoms with van der Waals surface area (Å²) in [6, 6.07) is 5.01. The minimum Gasteiger partial charge on any atom is -0.463 e. The van der Waals surface area contributed by atoms with Crippen LogP contribution in [0.5, 0.6) is 0 Å². The third-order valence-electron chi connectivity index (χ3n) is 8.82. The molecule has 7 rings (SSSR count). The van der Waals surface area contributed by atoms with Crippen LogP contribution in [0.1, 0.15) is 41.6 Å². The first-order valence-electron chi connectivity index (χ1n) is 14.9. The van der Waals surface area contributed by atoms with Gasteiger partial charge in [0.2, 0.25) is 11.8 Å². The highest BCUT2D eigenvalue weighted by Gasteiger charge is 2.67. The molecule has 14 nitrogen and oxygen atoms in total. The molecule has 1 saturated carbocycles. The third kappa shape index (κ3) is 5.48. The number of aryl methyl sites for hydroxylation is 2. The zero-order chi connectivity index (χ0) is 32.2. The number of nitrogens with zero attached hydrogens (tertiary/aromatic N) is 8. The van der Waals surface area contributed by atoms with Crippen LogP contribution in [0.4, 0.5) is 5.82 Å². The molecule has 3 atom stereocenters. The number of carbonyl (C=O) groups is 3. The number of ether oxygens (including phenoxy) is 1. The zero-order valence-electron chi connectivity index (χ0n) is 25.5. The number of carbonyl (C=O) groups excluding carboxylic acids is 3. The van der Waals surface area contributed by atoms with E-state index >= 15 is 0 Å². The number of hydrogen-bond acceptors (Lipinski definition) is 11. The van der Waals surface area contributed by atoms with E-state index in [0.29, 0.717) is 70.5 Å². The van der Waals surface area contributed by atoms with Gasteiger partial charge < -0.3 is 20.3 Å². The van der Waals surface area contributed by atoms with E-state index in [1.807, 2.05) is 13.0 Å². The molecule has 1 saturated heterocycles.